The number of carbonyl (C=O) groups is 2. The number of hydrogen-bond donors (Lipinski definition) is 2. The second-order valence-corrected chi connectivity index (χ2v) is 8.02. The van der Waals surface area contributed by atoms with E-state index < -0.39 is 11.8 Å². The van der Waals surface area contributed by atoms with Gasteiger partial charge in [-0.1, -0.05) is 12.1 Å². The van der Waals surface area contributed by atoms with Gasteiger partial charge in [-0.2, -0.15) is 0 Å². The predicted octanol–water partition coefficient (Wildman–Crippen LogP) is 2.14. The molecule has 2 N–H and O–H groups in total. The number of aliphatic hydroxyl groups is 1. The lowest BCUT2D eigenvalue weighted by atomic mass is 10.1. The first-order chi connectivity index (χ1) is 14.4. The highest BCUT2D eigenvalue weighted by molar-refractivity contribution is 5.94. The normalized spacial score (nSPS) is 21.5. The monoisotopic (exact) mass is 411 g/mol. The van der Waals surface area contributed by atoms with Crippen molar-refractivity contribution < 1.29 is 23.8 Å². The fourth-order valence-electron chi connectivity index (χ4n) is 3.89. The van der Waals surface area contributed by atoms with Gasteiger partial charge in [0.05, 0.1) is 5.69 Å². The summed E-state index contributed by atoms with van der Waals surface area (Å²) < 4.78 is 19.2. The van der Waals surface area contributed by atoms with Crippen molar-refractivity contribution in [3.63, 3.8) is 0 Å². The third kappa shape index (κ3) is 3.37. The number of ether oxygens (including phenoxy) is 1. The molecule has 1 atom stereocenters. The molecule has 8 heteroatoms. The van der Waals surface area contributed by atoms with Crippen molar-refractivity contribution in [2.45, 2.75) is 24.7 Å². The summed E-state index contributed by atoms with van der Waals surface area (Å²) in [4.78, 5) is 28.4. The van der Waals surface area contributed by atoms with Crippen molar-refractivity contribution in [2.75, 3.05) is 31.5 Å². The van der Waals surface area contributed by atoms with Gasteiger partial charge in [0.2, 0.25) is 0 Å². The minimum Gasteiger partial charge on any atom is -0.464 e. The Morgan fingerprint density at radius 3 is 2.37 bits per heavy atom. The molecule has 1 saturated carbocycles. The zero-order valence-electron chi connectivity index (χ0n) is 16.3. The van der Waals surface area contributed by atoms with Crippen LogP contribution in [0.1, 0.15) is 35.0 Å². The van der Waals surface area contributed by atoms with Crippen LogP contribution in [-0.4, -0.2) is 58.5 Å². The van der Waals surface area contributed by atoms with Crippen molar-refractivity contribution in [3.8, 4) is 5.75 Å². The number of fused-ring (bicyclic) bond motifs is 1. The van der Waals surface area contributed by atoms with Crippen LogP contribution in [0, 0.1) is 5.82 Å². The molecule has 2 aromatic rings. The first kappa shape index (κ1) is 18.9. The Balaban J connectivity index is 1.20. The Morgan fingerprint density at radius 2 is 1.70 bits per heavy atom. The van der Waals surface area contributed by atoms with Gasteiger partial charge in [-0.15, -0.1) is 0 Å². The zero-order valence-corrected chi connectivity index (χ0v) is 16.3. The van der Waals surface area contributed by atoms with Crippen molar-refractivity contribution in [2.24, 2.45) is 0 Å². The molecule has 2 heterocycles. The SMILES string of the molecule is O=C(c1ccc(C2Nc3cc(F)ccc3O2)cc1)N1CCN(C(=O)C2(O)CC2)CC1. The highest BCUT2D eigenvalue weighted by Crippen LogP contribution is 2.38. The van der Waals surface area contributed by atoms with E-state index in [1.54, 1.807) is 28.0 Å². The Hall–Kier alpha value is -3.13. The number of hydrogen-bond acceptors (Lipinski definition) is 5. The highest BCUT2D eigenvalue weighted by Gasteiger charge is 2.50. The average molecular weight is 411 g/mol. The fraction of sp³-hybridized carbons (Fsp3) is 0.364. The Morgan fingerprint density at radius 1 is 1.03 bits per heavy atom. The van der Waals surface area contributed by atoms with E-state index in [-0.39, 0.29) is 17.6 Å². The molecule has 0 aromatic heterocycles. The maximum atomic E-state index is 13.4. The topological polar surface area (TPSA) is 82.1 Å². The van der Waals surface area contributed by atoms with E-state index >= 15 is 0 Å². The van der Waals surface area contributed by atoms with Gasteiger partial charge >= 0.3 is 0 Å². The molecular weight excluding hydrogens is 389 g/mol. The maximum absolute atomic E-state index is 13.4. The number of rotatable bonds is 3. The molecule has 7 nitrogen and oxygen atoms in total. The van der Waals surface area contributed by atoms with E-state index in [4.69, 9.17) is 4.74 Å². The molecule has 1 aliphatic carbocycles. The van der Waals surface area contributed by atoms with Crippen LogP contribution < -0.4 is 10.1 Å². The maximum Gasteiger partial charge on any atom is 0.254 e. The molecule has 2 aromatic carbocycles. The number of nitrogens with one attached hydrogen (secondary N) is 1. The van der Waals surface area contributed by atoms with Gasteiger partial charge in [0.15, 0.2) is 6.23 Å². The van der Waals surface area contributed by atoms with Crippen LogP contribution in [0.3, 0.4) is 0 Å². The van der Waals surface area contributed by atoms with E-state index in [9.17, 15) is 19.1 Å². The molecule has 2 aliphatic heterocycles. The van der Waals surface area contributed by atoms with Crippen LogP contribution >= 0.6 is 0 Å². The van der Waals surface area contributed by atoms with Crippen molar-refractivity contribution in [1.82, 2.24) is 9.80 Å². The number of halogens is 1. The summed E-state index contributed by atoms with van der Waals surface area (Å²) in [7, 11) is 0. The summed E-state index contributed by atoms with van der Waals surface area (Å²) in [5, 5.41) is 13.1. The van der Waals surface area contributed by atoms with Crippen LogP contribution in [0.2, 0.25) is 0 Å². The summed E-state index contributed by atoms with van der Waals surface area (Å²) in [5.41, 5.74) is 0.824. The first-order valence-electron chi connectivity index (χ1n) is 10.1. The quantitative estimate of drug-likeness (QED) is 0.809. The van der Waals surface area contributed by atoms with Gasteiger partial charge in [-0.25, -0.2) is 4.39 Å². The number of piperazine rings is 1. The van der Waals surface area contributed by atoms with Crippen LogP contribution in [0.15, 0.2) is 42.5 Å². The van der Waals surface area contributed by atoms with Gasteiger partial charge in [-0.05, 0) is 37.1 Å². The first-order valence-corrected chi connectivity index (χ1v) is 10.1. The van der Waals surface area contributed by atoms with Crippen LogP contribution in [0.5, 0.6) is 5.75 Å². The minimum absolute atomic E-state index is 0.0931. The lowest BCUT2D eigenvalue weighted by Crippen LogP contribution is -2.53. The molecule has 0 spiro atoms. The van der Waals surface area contributed by atoms with E-state index in [0.717, 1.165) is 5.56 Å². The molecule has 156 valence electrons. The van der Waals surface area contributed by atoms with E-state index in [2.05, 4.69) is 5.32 Å². The van der Waals surface area contributed by atoms with E-state index in [0.29, 0.717) is 56.0 Å². The van der Waals surface area contributed by atoms with E-state index in [1.165, 1.54) is 12.1 Å². The van der Waals surface area contributed by atoms with Crippen molar-refractivity contribution in [1.29, 1.82) is 0 Å². The van der Waals surface area contributed by atoms with Crippen molar-refractivity contribution in [3.05, 3.63) is 59.4 Å². The largest absolute Gasteiger partial charge is 0.464 e. The molecule has 0 radical (unpaired) electrons. The van der Waals surface area contributed by atoms with Gasteiger partial charge in [0.25, 0.3) is 11.8 Å². The third-order valence-corrected chi connectivity index (χ3v) is 5.91. The fourth-order valence-corrected chi connectivity index (χ4v) is 3.89. The standard InChI is InChI=1S/C22H22FN3O4/c23-16-5-6-18-17(13-16)24-19(30-18)14-1-3-15(4-2-14)20(27)25-9-11-26(12-10-25)21(28)22(29)7-8-22/h1-6,13,19,24,29H,7-12H2. The Bertz CT molecular complexity index is 998. The second kappa shape index (κ2) is 6.98. The van der Waals surface area contributed by atoms with E-state index in [1.807, 2.05) is 12.1 Å². The third-order valence-electron chi connectivity index (χ3n) is 5.91. The summed E-state index contributed by atoms with van der Waals surface area (Å²) >= 11 is 0. The molecule has 3 aliphatic rings. The Kier molecular flexibility index (Phi) is 4.39. The number of anilines is 1. The van der Waals surface area contributed by atoms with Crippen LogP contribution in [0.25, 0.3) is 0 Å². The Labute approximate surface area is 173 Å². The summed E-state index contributed by atoms with van der Waals surface area (Å²) in [6, 6.07) is 11.4. The second-order valence-electron chi connectivity index (χ2n) is 8.02. The minimum atomic E-state index is -1.16. The van der Waals surface area contributed by atoms with Crippen molar-refractivity contribution >= 4 is 17.5 Å². The predicted molar refractivity (Wildman–Crippen MR) is 107 cm³/mol. The lowest BCUT2D eigenvalue weighted by molar-refractivity contribution is -0.143. The number of nitrogens with zero attached hydrogens (tertiary/aromatic N) is 2. The molecule has 1 saturated heterocycles. The van der Waals surface area contributed by atoms with Crippen LogP contribution in [-0.2, 0) is 4.79 Å². The number of amides is 2. The number of carbonyl (C=O) groups excluding carboxylic acids is 2. The summed E-state index contributed by atoms with van der Waals surface area (Å²) in [6.45, 7) is 1.74. The highest BCUT2D eigenvalue weighted by atomic mass is 19.1. The van der Waals surface area contributed by atoms with Gasteiger partial charge in [0.1, 0.15) is 17.2 Å². The molecule has 30 heavy (non-hydrogen) atoms. The average Bonchev–Trinajstić information content (AvgIpc) is 3.38. The van der Waals surface area contributed by atoms with Crippen LogP contribution in [0.4, 0.5) is 10.1 Å². The molecule has 2 amide bonds. The van der Waals surface area contributed by atoms with Gasteiger partial charge in [-0.3, -0.25) is 9.59 Å². The smallest absolute Gasteiger partial charge is 0.254 e. The summed E-state index contributed by atoms with van der Waals surface area (Å²) in [5.74, 6) is -0.0577. The molecule has 1 unspecified atom stereocenters. The number of benzene rings is 2. The molecule has 0 bridgehead atoms. The zero-order chi connectivity index (χ0) is 20.9. The summed E-state index contributed by atoms with van der Waals surface area (Å²) in [6.07, 6.45) is 0.613. The molecule has 5 rings (SSSR count). The van der Waals surface area contributed by atoms with Gasteiger partial charge < -0.3 is 25.0 Å². The molecular formula is C22H22FN3O4. The lowest BCUT2D eigenvalue weighted by Gasteiger charge is -2.35. The van der Waals surface area contributed by atoms with Gasteiger partial charge in [0, 0.05) is 43.4 Å². The molecule has 2 fully saturated rings.